The number of carboxylic acids is 1. The molecular weight excluding hydrogens is 602 g/mol. The number of aromatic carboxylic acids is 1. The number of hydrogen-bond donors (Lipinski definition) is 2. The summed E-state index contributed by atoms with van der Waals surface area (Å²) in [7, 11) is 1.57. The number of fused-ring (bicyclic) bond motifs is 1. The van der Waals surface area contributed by atoms with Gasteiger partial charge in [-0.2, -0.15) is 0 Å². The number of carbonyl (C=O) groups excluding carboxylic acids is 1. The quantitative estimate of drug-likeness (QED) is 0.246. The molecule has 1 aliphatic heterocycles. The summed E-state index contributed by atoms with van der Waals surface area (Å²) in [5.41, 5.74) is 2.42. The Hall–Kier alpha value is -5.19. The smallest absolute Gasteiger partial charge is 0.337 e. The number of methoxy groups -OCH3 is 1. The normalized spacial score (nSPS) is 14.6. The number of benzene rings is 3. The third kappa shape index (κ3) is 5.48. The second-order valence-electron chi connectivity index (χ2n) is 9.88. The van der Waals surface area contributed by atoms with Crippen LogP contribution in [0.25, 0.3) is 17.4 Å². The van der Waals surface area contributed by atoms with Gasteiger partial charge in [0.25, 0.3) is 11.5 Å². The Kier molecular flexibility index (Phi) is 7.77. The van der Waals surface area contributed by atoms with Gasteiger partial charge in [-0.05, 0) is 61.0 Å². The maximum atomic E-state index is 14.0. The summed E-state index contributed by atoms with van der Waals surface area (Å²) in [4.78, 5) is 44.1. The fourth-order valence-corrected chi connectivity index (χ4v) is 6.28. The van der Waals surface area contributed by atoms with E-state index in [-0.39, 0.29) is 22.1 Å². The SMILES string of the molecule is COc1ccc(C2C(C(=O)Nc3ccccc3)=C(C)N=c3sc(=Cc4ccc(-c5ccc(C(=O)O)c(Cl)c5)o4)c(=O)n32)cc1. The first-order valence-corrected chi connectivity index (χ1v) is 14.6. The monoisotopic (exact) mass is 625 g/mol. The van der Waals surface area contributed by atoms with Crippen LogP contribution in [0.15, 0.2) is 110 Å². The first kappa shape index (κ1) is 28.9. The van der Waals surface area contributed by atoms with Crippen molar-refractivity contribution in [2.24, 2.45) is 4.99 Å². The molecule has 11 heteroatoms. The molecule has 1 amide bonds. The van der Waals surface area contributed by atoms with Crippen LogP contribution in [0.5, 0.6) is 5.75 Å². The van der Waals surface area contributed by atoms with Gasteiger partial charge in [0, 0.05) is 17.3 Å². The summed E-state index contributed by atoms with van der Waals surface area (Å²) >= 11 is 7.33. The second kappa shape index (κ2) is 11.8. The Morgan fingerprint density at radius 2 is 1.82 bits per heavy atom. The summed E-state index contributed by atoms with van der Waals surface area (Å²) in [5.74, 6) is 0.0125. The van der Waals surface area contributed by atoms with Crippen LogP contribution in [0.3, 0.4) is 0 Å². The van der Waals surface area contributed by atoms with Crippen LogP contribution in [0.2, 0.25) is 5.02 Å². The topological polar surface area (TPSA) is 123 Å². The molecule has 0 aliphatic carbocycles. The number of halogens is 1. The maximum absolute atomic E-state index is 14.0. The van der Waals surface area contributed by atoms with Crippen LogP contribution in [-0.2, 0) is 4.79 Å². The van der Waals surface area contributed by atoms with E-state index >= 15 is 0 Å². The zero-order chi connectivity index (χ0) is 31.0. The number of carboxylic acid groups (broad SMARTS) is 1. The average molecular weight is 626 g/mol. The number of carbonyl (C=O) groups is 2. The summed E-state index contributed by atoms with van der Waals surface area (Å²) in [5, 5.41) is 12.3. The first-order chi connectivity index (χ1) is 21.2. The standard InChI is InChI=1S/C33H24ClN3O6S/c1-18-28(30(38)36-21-6-4-3-5-7-21)29(19-8-11-22(42-2)12-9-19)37-31(39)27(44-33(37)35-18)17-23-13-15-26(43-23)20-10-14-24(32(40)41)25(34)16-20/h3-17,29H,1-2H3,(H,36,38)(H,40,41). The second-order valence-corrected chi connectivity index (χ2v) is 11.3. The maximum Gasteiger partial charge on any atom is 0.337 e. The fourth-order valence-electron chi connectivity index (χ4n) is 4.99. The van der Waals surface area contributed by atoms with E-state index in [1.807, 2.05) is 30.3 Å². The third-order valence-corrected chi connectivity index (χ3v) is 8.41. The number of hydrogen-bond acceptors (Lipinski definition) is 7. The minimum Gasteiger partial charge on any atom is -0.497 e. The van der Waals surface area contributed by atoms with Crippen LogP contribution >= 0.6 is 22.9 Å². The molecule has 44 heavy (non-hydrogen) atoms. The van der Waals surface area contributed by atoms with Crippen molar-refractivity contribution in [2.45, 2.75) is 13.0 Å². The Bertz CT molecular complexity index is 2130. The average Bonchev–Trinajstić information content (AvgIpc) is 3.60. The molecule has 3 aromatic carbocycles. The van der Waals surface area contributed by atoms with E-state index in [0.29, 0.717) is 54.7 Å². The van der Waals surface area contributed by atoms with Crippen molar-refractivity contribution in [3.63, 3.8) is 0 Å². The number of amides is 1. The lowest BCUT2D eigenvalue weighted by Gasteiger charge is -2.25. The number of furan rings is 1. The predicted molar refractivity (Wildman–Crippen MR) is 168 cm³/mol. The van der Waals surface area contributed by atoms with Crippen molar-refractivity contribution < 1.29 is 23.8 Å². The largest absolute Gasteiger partial charge is 0.497 e. The van der Waals surface area contributed by atoms with Crippen molar-refractivity contribution in [1.29, 1.82) is 0 Å². The van der Waals surface area contributed by atoms with E-state index in [1.54, 1.807) is 62.6 Å². The highest BCUT2D eigenvalue weighted by atomic mass is 35.5. The van der Waals surface area contributed by atoms with Crippen molar-refractivity contribution in [3.8, 4) is 17.1 Å². The lowest BCUT2D eigenvalue weighted by Crippen LogP contribution is -2.40. The molecule has 1 unspecified atom stereocenters. The van der Waals surface area contributed by atoms with E-state index in [0.717, 1.165) is 0 Å². The third-order valence-electron chi connectivity index (χ3n) is 7.11. The molecule has 5 aromatic rings. The molecule has 0 saturated carbocycles. The Labute approximate surface area is 259 Å². The van der Waals surface area contributed by atoms with E-state index in [9.17, 15) is 19.5 Å². The van der Waals surface area contributed by atoms with E-state index in [4.69, 9.17) is 20.8 Å². The van der Waals surface area contributed by atoms with Gasteiger partial charge < -0.3 is 19.6 Å². The van der Waals surface area contributed by atoms with E-state index in [2.05, 4.69) is 10.3 Å². The van der Waals surface area contributed by atoms with Gasteiger partial charge in [-0.1, -0.05) is 59.3 Å². The molecule has 0 fully saturated rings. The Morgan fingerprint density at radius 1 is 1.07 bits per heavy atom. The number of allylic oxidation sites excluding steroid dienone is 1. The van der Waals surface area contributed by atoms with Crippen LogP contribution in [0.4, 0.5) is 5.69 Å². The van der Waals surface area contributed by atoms with Crippen molar-refractivity contribution >= 4 is 46.6 Å². The first-order valence-electron chi connectivity index (χ1n) is 13.4. The van der Waals surface area contributed by atoms with Crippen molar-refractivity contribution in [3.05, 3.63) is 138 Å². The minimum atomic E-state index is -1.12. The predicted octanol–water partition coefficient (Wildman–Crippen LogP) is 5.49. The number of nitrogens with zero attached hydrogens (tertiary/aromatic N) is 2. The Morgan fingerprint density at radius 3 is 2.50 bits per heavy atom. The molecule has 3 heterocycles. The molecule has 1 atom stereocenters. The summed E-state index contributed by atoms with van der Waals surface area (Å²) in [6.45, 7) is 1.76. The molecule has 6 rings (SSSR count). The number of anilines is 1. The molecule has 0 radical (unpaired) electrons. The molecule has 0 bridgehead atoms. The zero-order valence-electron chi connectivity index (χ0n) is 23.4. The fraction of sp³-hybridized carbons (Fsp3) is 0.0909. The summed E-state index contributed by atoms with van der Waals surface area (Å²) in [6, 6.07) is 23.5. The number of rotatable bonds is 7. The highest BCUT2D eigenvalue weighted by Gasteiger charge is 2.32. The molecule has 0 saturated heterocycles. The van der Waals surface area contributed by atoms with Gasteiger partial charge in [0.2, 0.25) is 0 Å². The lowest BCUT2D eigenvalue weighted by atomic mass is 9.95. The van der Waals surface area contributed by atoms with Gasteiger partial charge in [-0.15, -0.1) is 0 Å². The number of para-hydroxylation sites is 1. The van der Waals surface area contributed by atoms with Gasteiger partial charge in [-0.3, -0.25) is 14.2 Å². The molecule has 2 N–H and O–H groups in total. The highest BCUT2D eigenvalue weighted by molar-refractivity contribution is 7.07. The molecule has 220 valence electrons. The highest BCUT2D eigenvalue weighted by Crippen LogP contribution is 2.32. The molecule has 9 nitrogen and oxygen atoms in total. The van der Waals surface area contributed by atoms with E-state index < -0.39 is 12.0 Å². The van der Waals surface area contributed by atoms with E-state index in [1.165, 1.54) is 28.0 Å². The number of aromatic nitrogens is 1. The molecule has 2 aromatic heterocycles. The van der Waals surface area contributed by atoms with Crippen LogP contribution in [0.1, 0.15) is 34.6 Å². The van der Waals surface area contributed by atoms with Crippen LogP contribution in [-0.4, -0.2) is 28.7 Å². The minimum absolute atomic E-state index is 0.0122. The van der Waals surface area contributed by atoms with Crippen LogP contribution < -0.4 is 24.9 Å². The van der Waals surface area contributed by atoms with Crippen molar-refractivity contribution in [2.75, 3.05) is 12.4 Å². The van der Waals surface area contributed by atoms with Gasteiger partial charge in [0.15, 0.2) is 4.80 Å². The Balaban J connectivity index is 1.42. The van der Waals surface area contributed by atoms with Gasteiger partial charge in [0.05, 0.1) is 39.5 Å². The number of ether oxygens (including phenoxy) is 1. The van der Waals surface area contributed by atoms with Crippen molar-refractivity contribution in [1.82, 2.24) is 4.57 Å². The molecular formula is C33H24ClN3O6S. The molecule has 0 spiro atoms. The van der Waals surface area contributed by atoms with Gasteiger partial charge >= 0.3 is 5.97 Å². The lowest BCUT2D eigenvalue weighted by molar-refractivity contribution is -0.113. The van der Waals surface area contributed by atoms with Crippen LogP contribution in [0, 0.1) is 0 Å². The zero-order valence-corrected chi connectivity index (χ0v) is 25.0. The number of thiazole rings is 1. The summed E-state index contributed by atoms with van der Waals surface area (Å²) in [6.07, 6.45) is 1.62. The number of nitrogens with one attached hydrogen (secondary N) is 1. The van der Waals surface area contributed by atoms with Gasteiger partial charge in [-0.25, -0.2) is 9.79 Å². The molecule has 1 aliphatic rings. The summed E-state index contributed by atoms with van der Waals surface area (Å²) < 4.78 is 13.2. The van der Waals surface area contributed by atoms with Gasteiger partial charge in [0.1, 0.15) is 17.3 Å².